The lowest BCUT2D eigenvalue weighted by molar-refractivity contribution is -0.320. The third-order valence-electron chi connectivity index (χ3n) is 8.87. The number of aliphatic carboxylic acids is 1. The number of aliphatic hydroxyl groups excluding tert-OH is 8. The minimum absolute atomic E-state index is 0.0330. The molecule has 12 atom stereocenters. The summed E-state index contributed by atoms with van der Waals surface area (Å²) in [7, 11) is 0. The molecule has 0 aromatic heterocycles. The molecule has 2 fully saturated rings. The number of ether oxygens (including phenoxy) is 5. The third-order valence-corrected chi connectivity index (χ3v) is 8.87. The van der Waals surface area contributed by atoms with Crippen molar-refractivity contribution in [2.24, 2.45) is 0 Å². The van der Waals surface area contributed by atoms with Gasteiger partial charge in [0, 0.05) is 0 Å². The van der Waals surface area contributed by atoms with Crippen LogP contribution in [0.1, 0.15) is 66.2 Å². The average molecular weight is 733 g/mol. The van der Waals surface area contributed by atoms with Gasteiger partial charge in [0.05, 0.1) is 24.9 Å². The molecule has 51 heavy (non-hydrogen) atoms. The summed E-state index contributed by atoms with van der Waals surface area (Å²) in [5, 5.41) is 89.6. The average Bonchev–Trinajstić information content (AvgIpc) is 3.08. The predicted octanol–water partition coefficient (Wildman–Crippen LogP) is -0.260. The Morgan fingerprint density at radius 2 is 1.45 bits per heavy atom. The summed E-state index contributed by atoms with van der Waals surface area (Å²) in [5.74, 6) is -2.45. The van der Waals surface area contributed by atoms with Crippen LogP contribution in [0, 0.1) is 0 Å². The molecule has 2 saturated heterocycles. The van der Waals surface area contributed by atoms with Gasteiger partial charge in [0.1, 0.15) is 61.9 Å². The second-order valence-electron chi connectivity index (χ2n) is 13.3. The largest absolute Gasteiger partial charge is 0.481 e. The van der Waals surface area contributed by atoms with Gasteiger partial charge in [-0.15, -0.1) is 6.58 Å². The van der Waals surface area contributed by atoms with E-state index in [1.54, 1.807) is 19.9 Å². The Morgan fingerprint density at radius 1 is 0.843 bits per heavy atom. The van der Waals surface area contributed by atoms with Crippen LogP contribution in [0.4, 0.5) is 0 Å². The number of hydrogen-bond acceptors (Lipinski definition) is 15. The summed E-state index contributed by atoms with van der Waals surface area (Å²) in [6, 6.07) is 0. The van der Waals surface area contributed by atoms with Crippen molar-refractivity contribution in [3.8, 4) is 0 Å². The van der Waals surface area contributed by atoms with Crippen molar-refractivity contribution >= 4 is 11.9 Å². The first-order valence-electron chi connectivity index (χ1n) is 16.9. The molecule has 292 valence electrons. The van der Waals surface area contributed by atoms with E-state index in [4.69, 9.17) is 28.8 Å². The molecule has 0 amide bonds. The Hall–Kier alpha value is -2.58. The van der Waals surface area contributed by atoms with E-state index in [0.717, 1.165) is 16.7 Å². The van der Waals surface area contributed by atoms with Crippen LogP contribution in [-0.4, -0.2) is 151 Å². The van der Waals surface area contributed by atoms with Crippen LogP contribution < -0.4 is 0 Å². The summed E-state index contributed by atoms with van der Waals surface area (Å²) in [5.41, 5.74) is 1.57. The quantitative estimate of drug-likeness (QED) is 0.0444. The van der Waals surface area contributed by atoms with Gasteiger partial charge in [-0.25, -0.2) is 0 Å². The van der Waals surface area contributed by atoms with Crippen LogP contribution in [0.25, 0.3) is 0 Å². The molecule has 0 radical (unpaired) electrons. The first-order chi connectivity index (χ1) is 23.9. The lowest BCUT2D eigenvalue weighted by atomic mass is 9.96. The number of esters is 1. The molecule has 0 bridgehead atoms. The first kappa shape index (κ1) is 44.6. The molecule has 1 unspecified atom stereocenters. The number of carbonyl (C=O) groups is 2. The molecule has 0 aromatic carbocycles. The van der Waals surface area contributed by atoms with Gasteiger partial charge >= 0.3 is 11.9 Å². The van der Waals surface area contributed by atoms with Crippen LogP contribution in [0.15, 0.2) is 47.6 Å². The van der Waals surface area contributed by atoms with Crippen molar-refractivity contribution in [2.75, 3.05) is 19.8 Å². The van der Waals surface area contributed by atoms with Crippen LogP contribution in [0.2, 0.25) is 0 Å². The van der Waals surface area contributed by atoms with Crippen LogP contribution in [-0.2, 0) is 33.3 Å². The monoisotopic (exact) mass is 732 g/mol. The molecule has 0 spiro atoms. The molecule has 16 nitrogen and oxygen atoms in total. The molecule has 16 heteroatoms. The molecule has 2 heterocycles. The molecular weight excluding hydrogens is 676 g/mol. The normalized spacial score (nSPS) is 32.6. The Kier molecular flexibility index (Phi) is 18.5. The predicted molar refractivity (Wildman–Crippen MR) is 180 cm³/mol. The summed E-state index contributed by atoms with van der Waals surface area (Å²) in [6.45, 7) is 10.0. The van der Waals surface area contributed by atoms with Crippen molar-refractivity contribution < 1.29 is 79.2 Å². The molecule has 2 rings (SSSR count). The second-order valence-corrected chi connectivity index (χ2v) is 13.3. The van der Waals surface area contributed by atoms with Crippen molar-refractivity contribution in [1.82, 2.24) is 0 Å². The van der Waals surface area contributed by atoms with E-state index in [-0.39, 0.29) is 6.61 Å². The Labute approximate surface area is 297 Å². The molecular formula is C35H56O16. The molecule has 2 aliphatic rings. The number of aliphatic hydroxyl groups is 8. The summed E-state index contributed by atoms with van der Waals surface area (Å²) >= 11 is 0. The topological polar surface area (TPSA) is 262 Å². The lowest BCUT2D eigenvalue weighted by Gasteiger charge is -2.43. The first-order valence-corrected chi connectivity index (χ1v) is 16.9. The fourth-order valence-electron chi connectivity index (χ4n) is 5.32. The highest BCUT2D eigenvalue weighted by Gasteiger charge is 2.47. The zero-order valence-corrected chi connectivity index (χ0v) is 29.6. The van der Waals surface area contributed by atoms with Gasteiger partial charge in [-0.2, -0.15) is 0 Å². The maximum atomic E-state index is 11.6. The van der Waals surface area contributed by atoms with Gasteiger partial charge < -0.3 is 69.6 Å². The molecule has 2 aliphatic heterocycles. The number of carbonyl (C=O) groups excluding carboxylic acids is 1. The number of allylic oxidation sites excluding steroid dienone is 3. The summed E-state index contributed by atoms with van der Waals surface area (Å²) in [4.78, 5) is 22.3. The van der Waals surface area contributed by atoms with Gasteiger partial charge in [0.25, 0.3) is 0 Å². The van der Waals surface area contributed by atoms with Crippen molar-refractivity contribution in [3.05, 3.63) is 47.6 Å². The zero-order chi connectivity index (χ0) is 38.5. The van der Waals surface area contributed by atoms with Crippen LogP contribution in [0.5, 0.6) is 0 Å². The highest BCUT2D eigenvalue weighted by molar-refractivity contribution is 5.90. The SMILES string of the molecule is C=C[C@](C)(CC/C=C(\C)CC/C=C(\C)C(O)C/C=C(/C)CO[C@@H]1O[C@H](CO)[C@@H](O)[C@H](O)[C@H]1O)O[C@@H]1O[C@H](COC(=O)CC(=O)O)[C@@H](O)[C@H](O)[C@H]1O. The van der Waals surface area contributed by atoms with Gasteiger partial charge in [0.15, 0.2) is 12.6 Å². The van der Waals surface area contributed by atoms with Crippen molar-refractivity contribution in [1.29, 1.82) is 0 Å². The highest BCUT2D eigenvalue weighted by Crippen LogP contribution is 2.30. The number of carboxylic acids is 1. The number of carboxylic acid groups (broad SMARTS) is 1. The third kappa shape index (κ3) is 14.1. The minimum Gasteiger partial charge on any atom is -0.481 e. The number of rotatable bonds is 20. The van der Waals surface area contributed by atoms with E-state index >= 15 is 0 Å². The summed E-state index contributed by atoms with van der Waals surface area (Å²) < 4.78 is 27.3. The van der Waals surface area contributed by atoms with E-state index in [9.17, 15) is 50.4 Å². The van der Waals surface area contributed by atoms with Crippen LogP contribution >= 0.6 is 0 Å². The fourth-order valence-corrected chi connectivity index (χ4v) is 5.32. The second kappa shape index (κ2) is 21.2. The van der Waals surface area contributed by atoms with E-state index in [1.807, 2.05) is 26.0 Å². The smallest absolute Gasteiger partial charge is 0.317 e. The van der Waals surface area contributed by atoms with Crippen molar-refractivity contribution in [3.63, 3.8) is 0 Å². The van der Waals surface area contributed by atoms with Crippen molar-refractivity contribution in [2.45, 2.75) is 139 Å². The zero-order valence-electron chi connectivity index (χ0n) is 29.6. The van der Waals surface area contributed by atoms with E-state index < -0.39 is 105 Å². The maximum absolute atomic E-state index is 11.6. The fraction of sp³-hybridized carbons (Fsp3) is 0.714. The maximum Gasteiger partial charge on any atom is 0.317 e. The lowest BCUT2D eigenvalue weighted by Crippen LogP contribution is -2.60. The van der Waals surface area contributed by atoms with Gasteiger partial charge in [-0.3, -0.25) is 9.59 Å². The molecule has 0 aromatic rings. The molecule has 0 aliphatic carbocycles. The van der Waals surface area contributed by atoms with E-state index in [1.165, 1.54) is 6.08 Å². The Bertz CT molecular complexity index is 1220. The molecule has 0 saturated carbocycles. The van der Waals surface area contributed by atoms with E-state index in [0.29, 0.717) is 32.1 Å². The highest BCUT2D eigenvalue weighted by atomic mass is 16.7. The minimum atomic E-state index is -1.68. The Balaban J connectivity index is 1.82. The van der Waals surface area contributed by atoms with E-state index in [2.05, 4.69) is 6.58 Å². The van der Waals surface area contributed by atoms with Crippen LogP contribution in [0.3, 0.4) is 0 Å². The Morgan fingerprint density at radius 3 is 2.06 bits per heavy atom. The number of hydrogen-bond donors (Lipinski definition) is 9. The summed E-state index contributed by atoms with van der Waals surface area (Å²) in [6.07, 6.45) is -6.09. The standard InChI is InChI=1S/C35H56O16/c1-6-35(5,51-34-32(46)30(44)28(42)24(50-34)18-47-26(40)15-25(38)39)14-8-10-19(2)9-7-11-21(4)22(37)13-12-20(3)17-48-33-31(45)29(43)27(41)23(16-36)49-33/h6,10-12,22-24,27-34,36-37,41-46H,1,7-9,13-18H2,2-5H3,(H,38,39)/b19-10+,20-12-,21-11+/t22?,23-,24-,27-,28-,29+,30+,31-,32-,33-,34+,35-/m1/s1. The van der Waals surface area contributed by atoms with Gasteiger partial charge in [-0.1, -0.05) is 35.5 Å². The van der Waals surface area contributed by atoms with Gasteiger partial charge in [0.2, 0.25) is 0 Å². The molecule has 9 N–H and O–H groups in total. The van der Waals surface area contributed by atoms with Gasteiger partial charge in [-0.05, 0) is 65.4 Å².